The van der Waals surface area contributed by atoms with Crippen LogP contribution < -0.4 is 4.90 Å². The summed E-state index contributed by atoms with van der Waals surface area (Å²) in [6.07, 6.45) is 0.253. The molecule has 3 aromatic rings. The minimum atomic E-state index is -0.278. The number of nitrogens with zero attached hydrogens (tertiary/aromatic N) is 2. The van der Waals surface area contributed by atoms with Gasteiger partial charge in [0.05, 0.1) is 25.1 Å². The van der Waals surface area contributed by atoms with Gasteiger partial charge in [0.2, 0.25) is 5.91 Å². The van der Waals surface area contributed by atoms with E-state index < -0.39 is 0 Å². The Labute approximate surface area is 219 Å². The van der Waals surface area contributed by atoms with Crippen LogP contribution in [0.15, 0.2) is 66.7 Å². The summed E-state index contributed by atoms with van der Waals surface area (Å²) in [5, 5.41) is 2.37. The van der Waals surface area contributed by atoms with E-state index >= 15 is 0 Å². The Morgan fingerprint density at radius 2 is 1.62 bits per heavy atom. The zero-order valence-electron chi connectivity index (χ0n) is 18.6. The van der Waals surface area contributed by atoms with Crippen molar-refractivity contribution in [1.82, 2.24) is 4.90 Å². The fraction of sp³-hybridized carbons (Fsp3) is 0.269. The standard InChI is InChI=1S/C26H24Cl4N2O2/c1-34-16-24-26(22-10-7-20(29)15-23(22)30)31(21-8-5-18(27)6-9-21)11-12-32(24)25(33)14-17-3-2-4-19(28)13-17/h2-10,13,15,24,26H,11-12,14,16H2,1H3/t24-,26+/m1/s1. The minimum absolute atomic E-state index is 0.00941. The molecule has 1 amide bonds. The van der Waals surface area contributed by atoms with Gasteiger partial charge in [-0.25, -0.2) is 0 Å². The van der Waals surface area contributed by atoms with Gasteiger partial charge in [-0.05, 0) is 59.7 Å². The van der Waals surface area contributed by atoms with Gasteiger partial charge in [0.25, 0.3) is 0 Å². The highest BCUT2D eigenvalue weighted by Gasteiger charge is 2.40. The highest BCUT2D eigenvalue weighted by molar-refractivity contribution is 6.35. The van der Waals surface area contributed by atoms with E-state index in [9.17, 15) is 4.79 Å². The first-order chi connectivity index (χ1) is 16.4. The summed E-state index contributed by atoms with van der Waals surface area (Å²) >= 11 is 25.2. The average molecular weight is 538 g/mol. The van der Waals surface area contributed by atoms with E-state index in [-0.39, 0.29) is 24.4 Å². The third kappa shape index (κ3) is 5.64. The maximum absolute atomic E-state index is 13.5. The zero-order chi connectivity index (χ0) is 24.2. The van der Waals surface area contributed by atoms with Crippen molar-refractivity contribution in [2.45, 2.75) is 18.5 Å². The fourth-order valence-electron chi connectivity index (χ4n) is 4.52. The molecule has 4 nitrogen and oxygen atoms in total. The van der Waals surface area contributed by atoms with Crippen molar-refractivity contribution in [1.29, 1.82) is 0 Å². The van der Waals surface area contributed by atoms with E-state index in [2.05, 4.69) is 4.90 Å². The molecule has 1 aliphatic rings. The van der Waals surface area contributed by atoms with Crippen LogP contribution in [0.25, 0.3) is 0 Å². The van der Waals surface area contributed by atoms with Gasteiger partial charge in [-0.2, -0.15) is 0 Å². The molecule has 0 spiro atoms. The molecule has 2 atom stereocenters. The van der Waals surface area contributed by atoms with Crippen LogP contribution in [-0.4, -0.2) is 43.7 Å². The Balaban J connectivity index is 1.73. The van der Waals surface area contributed by atoms with E-state index in [1.807, 2.05) is 59.5 Å². The van der Waals surface area contributed by atoms with Crippen LogP contribution >= 0.6 is 46.4 Å². The predicted octanol–water partition coefficient (Wildman–Crippen LogP) is 6.95. The summed E-state index contributed by atoms with van der Waals surface area (Å²) in [4.78, 5) is 17.6. The molecule has 8 heteroatoms. The third-order valence-corrected chi connectivity index (χ3v) is 7.07. The van der Waals surface area contributed by atoms with Gasteiger partial charge in [0.15, 0.2) is 0 Å². The molecule has 0 saturated carbocycles. The number of methoxy groups -OCH3 is 1. The number of halogens is 4. The molecule has 3 aromatic carbocycles. The largest absolute Gasteiger partial charge is 0.382 e. The smallest absolute Gasteiger partial charge is 0.227 e. The van der Waals surface area contributed by atoms with Crippen molar-refractivity contribution in [3.8, 4) is 0 Å². The lowest BCUT2D eigenvalue weighted by Gasteiger charge is -2.49. The van der Waals surface area contributed by atoms with Crippen LogP contribution in [0.3, 0.4) is 0 Å². The molecule has 178 valence electrons. The molecule has 0 bridgehead atoms. The highest BCUT2D eigenvalue weighted by atomic mass is 35.5. The summed E-state index contributed by atoms with van der Waals surface area (Å²) < 4.78 is 5.62. The zero-order valence-corrected chi connectivity index (χ0v) is 21.6. The number of hydrogen-bond donors (Lipinski definition) is 0. The van der Waals surface area contributed by atoms with Crippen LogP contribution in [0.4, 0.5) is 5.69 Å². The van der Waals surface area contributed by atoms with Crippen LogP contribution in [0, 0.1) is 0 Å². The molecule has 0 radical (unpaired) electrons. The lowest BCUT2D eigenvalue weighted by molar-refractivity contribution is -0.135. The molecule has 0 aromatic heterocycles. The first-order valence-electron chi connectivity index (χ1n) is 10.9. The summed E-state index contributed by atoms with van der Waals surface area (Å²) in [7, 11) is 1.64. The van der Waals surface area contributed by atoms with Gasteiger partial charge in [-0.3, -0.25) is 4.79 Å². The number of carbonyl (C=O) groups excluding carboxylic acids is 1. The maximum atomic E-state index is 13.5. The molecule has 1 fully saturated rings. The number of piperazine rings is 1. The topological polar surface area (TPSA) is 32.8 Å². The van der Waals surface area contributed by atoms with Gasteiger partial charge in [-0.15, -0.1) is 0 Å². The van der Waals surface area contributed by atoms with Crippen molar-refractivity contribution in [2.24, 2.45) is 0 Å². The van der Waals surface area contributed by atoms with Crippen LogP contribution in [-0.2, 0) is 16.0 Å². The quantitative estimate of drug-likeness (QED) is 0.341. The van der Waals surface area contributed by atoms with Crippen molar-refractivity contribution in [3.05, 3.63) is 97.9 Å². The summed E-state index contributed by atoms with van der Waals surface area (Å²) in [6.45, 7) is 1.50. The second-order valence-corrected chi connectivity index (χ2v) is 9.91. The second kappa shape index (κ2) is 11.2. The van der Waals surface area contributed by atoms with Gasteiger partial charge in [0, 0.05) is 46.0 Å². The molecule has 1 saturated heterocycles. The monoisotopic (exact) mass is 536 g/mol. The normalized spacial score (nSPS) is 18.3. The Morgan fingerprint density at radius 1 is 0.912 bits per heavy atom. The van der Waals surface area contributed by atoms with Crippen molar-refractivity contribution < 1.29 is 9.53 Å². The minimum Gasteiger partial charge on any atom is -0.382 e. The third-order valence-electron chi connectivity index (χ3n) is 6.02. The lowest BCUT2D eigenvalue weighted by Crippen LogP contribution is -2.59. The molecule has 0 aliphatic carbocycles. The Morgan fingerprint density at radius 3 is 2.29 bits per heavy atom. The lowest BCUT2D eigenvalue weighted by atomic mass is 9.92. The van der Waals surface area contributed by atoms with Gasteiger partial charge in [-0.1, -0.05) is 64.6 Å². The highest BCUT2D eigenvalue weighted by Crippen LogP contribution is 2.39. The van der Waals surface area contributed by atoms with Gasteiger partial charge < -0.3 is 14.5 Å². The van der Waals surface area contributed by atoms with Crippen molar-refractivity contribution in [3.63, 3.8) is 0 Å². The number of anilines is 1. The molecular formula is C26H24Cl4N2O2. The number of amides is 1. The summed E-state index contributed by atoms with van der Waals surface area (Å²) in [5.74, 6) is 0.00941. The molecule has 0 unspecified atom stereocenters. The Bertz CT molecular complexity index is 1160. The molecule has 1 heterocycles. The summed E-state index contributed by atoms with van der Waals surface area (Å²) in [5.41, 5.74) is 2.74. The average Bonchev–Trinajstić information content (AvgIpc) is 2.80. The van der Waals surface area contributed by atoms with E-state index in [1.165, 1.54) is 0 Å². The number of ether oxygens (including phenoxy) is 1. The van der Waals surface area contributed by atoms with Gasteiger partial charge in [0.1, 0.15) is 0 Å². The number of carbonyl (C=O) groups is 1. The number of benzene rings is 3. The molecule has 34 heavy (non-hydrogen) atoms. The second-order valence-electron chi connectivity index (χ2n) is 8.20. The molecule has 4 rings (SSSR count). The van der Waals surface area contributed by atoms with E-state index in [0.717, 1.165) is 16.8 Å². The number of rotatable bonds is 6. The van der Waals surface area contributed by atoms with Crippen LogP contribution in [0.5, 0.6) is 0 Å². The molecular weight excluding hydrogens is 514 g/mol. The summed E-state index contributed by atoms with van der Waals surface area (Å²) in [6, 6.07) is 20.0. The fourth-order valence-corrected chi connectivity index (χ4v) is 5.38. The maximum Gasteiger partial charge on any atom is 0.227 e. The van der Waals surface area contributed by atoms with Gasteiger partial charge >= 0.3 is 0 Å². The number of hydrogen-bond acceptors (Lipinski definition) is 3. The van der Waals surface area contributed by atoms with Crippen LogP contribution in [0.1, 0.15) is 17.2 Å². The Hall–Kier alpha value is -1.95. The van der Waals surface area contributed by atoms with Crippen molar-refractivity contribution >= 4 is 58.0 Å². The van der Waals surface area contributed by atoms with E-state index in [4.69, 9.17) is 51.1 Å². The Kier molecular flexibility index (Phi) is 8.28. The first kappa shape index (κ1) is 25.2. The van der Waals surface area contributed by atoms with E-state index in [0.29, 0.717) is 39.8 Å². The first-order valence-corrected chi connectivity index (χ1v) is 12.4. The molecule has 0 N–H and O–H groups in total. The predicted molar refractivity (Wildman–Crippen MR) is 141 cm³/mol. The van der Waals surface area contributed by atoms with E-state index in [1.54, 1.807) is 19.2 Å². The molecule has 1 aliphatic heterocycles. The van der Waals surface area contributed by atoms with Crippen LogP contribution in [0.2, 0.25) is 20.1 Å². The SMILES string of the molecule is COC[C@@H]1[C@H](c2ccc(Cl)cc2Cl)N(c2ccc(Cl)cc2)CCN1C(=O)Cc1cccc(Cl)c1. The van der Waals surface area contributed by atoms with Crippen molar-refractivity contribution in [2.75, 3.05) is 31.7 Å².